The van der Waals surface area contributed by atoms with Crippen LogP contribution in [0, 0.1) is 6.92 Å². The summed E-state index contributed by atoms with van der Waals surface area (Å²) in [6, 6.07) is 7.05. The third kappa shape index (κ3) is 3.06. The van der Waals surface area contributed by atoms with Gasteiger partial charge in [-0.05, 0) is 45.0 Å². The molecule has 1 N–H and O–H groups in total. The molecule has 0 spiro atoms. The number of rotatable bonds is 5. The second-order valence-electron chi connectivity index (χ2n) is 6.73. The van der Waals surface area contributed by atoms with Crippen LogP contribution < -0.4 is 5.32 Å². The summed E-state index contributed by atoms with van der Waals surface area (Å²) in [4.78, 5) is 17.8. The molecule has 4 heterocycles. The molecule has 0 bridgehead atoms. The maximum Gasteiger partial charge on any atom is 0.252 e. The fourth-order valence-electron chi connectivity index (χ4n) is 3.31. The van der Waals surface area contributed by atoms with E-state index >= 15 is 0 Å². The second kappa shape index (κ2) is 6.95. The number of carbonyl (C=O) groups is 1. The largest absolute Gasteiger partial charge is 0.463 e. The maximum atomic E-state index is 13.2. The van der Waals surface area contributed by atoms with Crippen LogP contribution in [-0.2, 0) is 13.6 Å². The van der Waals surface area contributed by atoms with E-state index in [1.807, 2.05) is 50.8 Å². The Morgan fingerprint density at radius 3 is 2.82 bits per heavy atom. The van der Waals surface area contributed by atoms with Gasteiger partial charge >= 0.3 is 0 Å². The molecule has 4 aromatic rings. The Morgan fingerprint density at radius 2 is 2.14 bits per heavy atom. The first-order valence-electron chi connectivity index (χ1n) is 9.20. The Labute approximate surface area is 162 Å². The van der Waals surface area contributed by atoms with Crippen LogP contribution >= 0.6 is 0 Å². The molecule has 28 heavy (non-hydrogen) atoms. The molecule has 144 valence electrons. The molecule has 0 unspecified atom stereocenters. The summed E-state index contributed by atoms with van der Waals surface area (Å²) in [7, 11) is 1.82. The molecule has 0 fully saturated rings. The van der Waals surface area contributed by atoms with Gasteiger partial charge in [0.1, 0.15) is 5.69 Å². The first-order chi connectivity index (χ1) is 13.5. The lowest BCUT2D eigenvalue weighted by Gasteiger charge is -2.13. The molecule has 0 aliphatic heterocycles. The van der Waals surface area contributed by atoms with Crippen molar-refractivity contribution in [2.45, 2.75) is 33.4 Å². The monoisotopic (exact) mass is 378 g/mol. The van der Waals surface area contributed by atoms with E-state index in [0.29, 0.717) is 22.7 Å². The predicted molar refractivity (Wildman–Crippen MR) is 105 cm³/mol. The number of carbonyl (C=O) groups excluding carboxylic acids is 1. The van der Waals surface area contributed by atoms with Gasteiger partial charge in [-0.15, -0.1) is 0 Å². The fraction of sp³-hybridized carbons (Fsp3) is 0.300. The molecule has 0 aliphatic carbocycles. The van der Waals surface area contributed by atoms with Gasteiger partial charge in [-0.3, -0.25) is 14.2 Å². The molecule has 0 aliphatic rings. The fourth-order valence-corrected chi connectivity index (χ4v) is 3.31. The molecule has 1 amide bonds. The van der Waals surface area contributed by atoms with E-state index in [-0.39, 0.29) is 11.9 Å². The number of aryl methyl sites for hydroxylation is 3. The standard InChI is InChI=1S/C20H22N6O2/c1-5-26-9-8-15(24-26)12(2)21-20(27)14-11-16(17-7-6-10-28-17)22-19-18(14)13(3)23-25(19)4/h6-12H,5H2,1-4H3,(H,21,27)/t12-/m0/s1. The van der Waals surface area contributed by atoms with Gasteiger partial charge < -0.3 is 9.73 Å². The van der Waals surface area contributed by atoms with Crippen LogP contribution in [0.4, 0.5) is 0 Å². The van der Waals surface area contributed by atoms with Crippen LogP contribution in [0.2, 0.25) is 0 Å². The normalized spacial score (nSPS) is 12.4. The SMILES string of the molecule is CCn1ccc([C@H](C)NC(=O)c2cc(-c3ccco3)nc3c2c(C)nn3C)n1. The van der Waals surface area contributed by atoms with E-state index in [4.69, 9.17) is 4.42 Å². The van der Waals surface area contributed by atoms with Gasteiger partial charge in [0.25, 0.3) is 5.91 Å². The Hall–Kier alpha value is -3.42. The van der Waals surface area contributed by atoms with E-state index in [1.54, 1.807) is 23.1 Å². The molecule has 0 saturated heterocycles. The lowest BCUT2D eigenvalue weighted by atomic mass is 10.1. The van der Waals surface area contributed by atoms with Gasteiger partial charge in [-0.25, -0.2) is 4.98 Å². The molecule has 1 atom stereocenters. The molecule has 8 heteroatoms. The lowest BCUT2D eigenvalue weighted by Crippen LogP contribution is -2.27. The van der Waals surface area contributed by atoms with Crippen molar-refractivity contribution >= 4 is 16.9 Å². The number of pyridine rings is 1. The van der Waals surface area contributed by atoms with Gasteiger partial charge in [-0.1, -0.05) is 0 Å². The third-order valence-electron chi connectivity index (χ3n) is 4.76. The van der Waals surface area contributed by atoms with Gasteiger partial charge in [0.15, 0.2) is 11.4 Å². The van der Waals surface area contributed by atoms with Crippen LogP contribution in [0.15, 0.2) is 41.1 Å². The highest BCUT2D eigenvalue weighted by molar-refractivity contribution is 6.07. The topological polar surface area (TPSA) is 90.8 Å². The Kier molecular flexibility index (Phi) is 4.46. The van der Waals surface area contributed by atoms with Crippen molar-refractivity contribution in [2.24, 2.45) is 7.05 Å². The summed E-state index contributed by atoms with van der Waals surface area (Å²) < 4.78 is 9.00. The number of hydrogen-bond donors (Lipinski definition) is 1. The van der Waals surface area contributed by atoms with Crippen molar-refractivity contribution in [2.75, 3.05) is 0 Å². The van der Waals surface area contributed by atoms with Crippen molar-refractivity contribution in [3.8, 4) is 11.5 Å². The first-order valence-corrected chi connectivity index (χ1v) is 9.20. The zero-order chi connectivity index (χ0) is 19.8. The Balaban J connectivity index is 1.74. The summed E-state index contributed by atoms with van der Waals surface area (Å²) in [6.45, 7) is 6.60. The van der Waals surface area contributed by atoms with Crippen molar-refractivity contribution in [1.29, 1.82) is 0 Å². The molecular weight excluding hydrogens is 356 g/mol. The van der Waals surface area contributed by atoms with Crippen LogP contribution in [0.3, 0.4) is 0 Å². The van der Waals surface area contributed by atoms with Crippen LogP contribution in [0.25, 0.3) is 22.5 Å². The minimum atomic E-state index is -0.229. The summed E-state index contributed by atoms with van der Waals surface area (Å²) in [6.07, 6.45) is 3.49. The first kappa shape index (κ1) is 18.0. The van der Waals surface area contributed by atoms with E-state index in [1.165, 1.54) is 0 Å². The van der Waals surface area contributed by atoms with Crippen LogP contribution in [0.5, 0.6) is 0 Å². The van der Waals surface area contributed by atoms with Gasteiger partial charge in [0.2, 0.25) is 0 Å². The molecule has 0 aromatic carbocycles. The molecule has 4 rings (SSSR count). The summed E-state index contributed by atoms with van der Waals surface area (Å²) in [5, 5.41) is 12.7. The summed E-state index contributed by atoms with van der Waals surface area (Å²) in [5.74, 6) is 0.402. The zero-order valence-electron chi connectivity index (χ0n) is 16.3. The zero-order valence-corrected chi connectivity index (χ0v) is 16.3. The lowest BCUT2D eigenvalue weighted by molar-refractivity contribution is 0.0940. The van der Waals surface area contributed by atoms with Gasteiger partial charge in [-0.2, -0.15) is 10.2 Å². The molecule has 8 nitrogen and oxygen atoms in total. The highest BCUT2D eigenvalue weighted by Crippen LogP contribution is 2.27. The van der Waals surface area contributed by atoms with E-state index < -0.39 is 0 Å². The summed E-state index contributed by atoms with van der Waals surface area (Å²) >= 11 is 0. The average molecular weight is 378 g/mol. The van der Waals surface area contributed by atoms with Crippen molar-refractivity contribution < 1.29 is 9.21 Å². The molecule has 0 radical (unpaired) electrons. The number of fused-ring (bicyclic) bond motifs is 1. The number of aromatic nitrogens is 5. The number of furan rings is 1. The number of nitrogens with zero attached hydrogens (tertiary/aromatic N) is 5. The Morgan fingerprint density at radius 1 is 1.32 bits per heavy atom. The Bertz CT molecular complexity index is 1140. The van der Waals surface area contributed by atoms with Gasteiger partial charge in [0.05, 0.1) is 34.6 Å². The number of nitrogens with one attached hydrogen (secondary N) is 1. The minimum Gasteiger partial charge on any atom is -0.463 e. The van der Waals surface area contributed by atoms with Crippen molar-refractivity contribution in [3.05, 3.63) is 53.7 Å². The number of amides is 1. The van der Waals surface area contributed by atoms with E-state index in [9.17, 15) is 4.79 Å². The van der Waals surface area contributed by atoms with Gasteiger partial charge in [0, 0.05) is 19.8 Å². The van der Waals surface area contributed by atoms with Crippen molar-refractivity contribution in [3.63, 3.8) is 0 Å². The van der Waals surface area contributed by atoms with Crippen molar-refractivity contribution in [1.82, 2.24) is 29.9 Å². The minimum absolute atomic E-state index is 0.199. The van der Waals surface area contributed by atoms with E-state index in [2.05, 4.69) is 20.5 Å². The highest BCUT2D eigenvalue weighted by atomic mass is 16.3. The highest BCUT2D eigenvalue weighted by Gasteiger charge is 2.22. The van der Waals surface area contributed by atoms with E-state index in [0.717, 1.165) is 23.3 Å². The predicted octanol–water partition coefficient (Wildman–Crippen LogP) is 3.24. The van der Waals surface area contributed by atoms with Crippen LogP contribution in [-0.4, -0.2) is 30.5 Å². The second-order valence-corrected chi connectivity index (χ2v) is 6.73. The molecular formula is C20H22N6O2. The summed E-state index contributed by atoms with van der Waals surface area (Å²) in [5.41, 5.74) is 3.32. The quantitative estimate of drug-likeness (QED) is 0.576. The third-order valence-corrected chi connectivity index (χ3v) is 4.76. The van der Waals surface area contributed by atoms with Crippen LogP contribution in [0.1, 0.15) is 41.6 Å². The average Bonchev–Trinajstić information content (AvgIpc) is 3.42. The molecule has 0 saturated carbocycles. The number of hydrogen-bond acceptors (Lipinski definition) is 5. The molecule has 4 aromatic heterocycles. The smallest absolute Gasteiger partial charge is 0.252 e. The maximum absolute atomic E-state index is 13.2.